The van der Waals surface area contributed by atoms with Crippen LogP contribution in [-0.4, -0.2) is 57.8 Å². The largest absolute Gasteiger partial charge is 0.385 e. The van der Waals surface area contributed by atoms with E-state index in [0.29, 0.717) is 13.2 Å². The molecule has 0 saturated heterocycles. The van der Waals surface area contributed by atoms with Crippen LogP contribution in [0.5, 0.6) is 0 Å². The molecule has 0 fully saturated rings. The van der Waals surface area contributed by atoms with Crippen molar-refractivity contribution in [2.24, 2.45) is 0 Å². The van der Waals surface area contributed by atoms with Gasteiger partial charge in [0, 0.05) is 33.9 Å². The Bertz CT molecular complexity index is 327. The van der Waals surface area contributed by atoms with E-state index in [1.165, 1.54) is 11.3 Å². The molecule has 1 aromatic rings. The fourth-order valence-electron chi connectivity index (χ4n) is 1.64. The Hall–Kier alpha value is -0.750. The molecule has 1 aromatic heterocycles. The fraction of sp³-hybridized carbons (Fsp3) is 0.615. The van der Waals surface area contributed by atoms with E-state index in [1.54, 1.807) is 14.2 Å². The summed E-state index contributed by atoms with van der Waals surface area (Å²) in [5, 5.41) is 1.93. The second-order valence-corrected chi connectivity index (χ2v) is 4.96. The van der Waals surface area contributed by atoms with E-state index in [9.17, 15) is 4.79 Å². The average molecular weight is 271 g/mol. The van der Waals surface area contributed by atoms with Crippen LogP contribution in [0.15, 0.2) is 17.5 Å². The number of Topliss-reactive ketones (excluding diaryl/α,β-unsaturated/α-hetero) is 1. The van der Waals surface area contributed by atoms with Crippen LogP contribution in [0.25, 0.3) is 0 Å². The molecule has 1 rings (SSSR count). The molecule has 0 atom stereocenters. The van der Waals surface area contributed by atoms with Crippen molar-refractivity contribution in [3.63, 3.8) is 0 Å². The van der Waals surface area contributed by atoms with E-state index in [0.717, 1.165) is 31.0 Å². The quantitative estimate of drug-likeness (QED) is 0.481. The van der Waals surface area contributed by atoms with Crippen LogP contribution >= 0.6 is 11.3 Å². The number of carbonyl (C=O) groups is 1. The number of hydrogen-bond donors (Lipinski definition) is 0. The number of carbonyl (C=O) groups excluding carboxylic acids is 1. The summed E-state index contributed by atoms with van der Waals surface area (Å²) in [7, 11) is 3.37. The number of hydrogen-bond acceptors (Lipinski definition) is 5. The van der Waals surface area contributed by atoms with E-state index >= 15 is 0 Å². The summed E-state index contributed by atoms with van der Waals surface area (Å²) < 4.78 is 10.1. The van der Waals surface area contributed by atoms with Crippen molar-refractivity contribution in [3.05, 3.63) is 22.4 Å². The number of thiophene rings is 1. The first-order valence-electron chi connectivity index (χ1n) is 6.05. The predicted molar refractivity (Wildman–Crippen MR) is 73.5 cm³/mol. The van der Waals surface area contributed by atoms with Crippen LogP contribution in [0, 0.1) is 0 Å². The van der Waals surface area contributed by atoms with Crippen molar-refractivity contribution < 1.29 is 14.3 Å². The van der Waals surface area contributed by atoms with Crippen molar-refractivity contribution in [2.45, 2.75) is 6.42 Å². The van der Waals surface area contributed by atoms with E-state index < -0.39 is 0 Å². The number of nitrogens with zero attached hydrogens (tertiary/aromatic N) is 1. The Labute approximate surface area is 113 Å². The summed E-state index contributed by atoms with van der Waals surface area (Å²) in [4.78, 5) is 14.9. The standard InChI is InChI=1S/C13H21NO3S/c1-16-8-4-6-14(7-9-17-2)11-12(15)13-5-3-10-18-13/h3,5,10H,4,6-9,11H2,1-2H3. The highest BCUT2D eigenvalue weighted by Crippen LogP contribution is 2.10. The van der Waals surface area contributed by atoms with Crippen LogP contribution in [0.1, 0.15) is 16.1 Å². The van der Waals surface area contributed by atoms with Crippen LogP contribution in [0.3, 0.4) is 0 Å². The van der Waals surface area contributed by atoms with Gasteiger partial charge in [-0.1, -0.05) is 6.07 Å². The zero-order valence-corrected chi connectivity index (χ0v) is 11.9. The molecular formula is C13H21NO3S. The third kappa shape index (κ3) is 5.73. The molecule has 0 spiro atoms. The van der Waals surface area contributed by atoms with Gasteiger partial charge in [0.05, 0.1) is 18.0 Å². The zero-order valence-electron chi connectivity index (χ0n) is 11.1. The van der Waals surface area contributed by atoms with E-state index in [1.807, 2.05) is 17.5 Å². The van der Waals surface area contributed by atoms with E-state index in [4.69, 9.17) is 9.47 Å². The van der Waals surface area contributed by atoms with Crippen LogP contribution < -0.4 is 0 Å². The second-order valence-electron chi connectivity index (χ2n) is 4.02. The zero-order chi connectivity index (χ0) is 13.2. The normalized spacial score (nSPS) is 11.1. The second kappa shape index (κ2) is 9.22. The number of methoxy groups -OCH3 is 2. The molecule has 0 amide bonds. The molecule has 5 heteroatoms. The Kier molecular flexibility index (Phi) is 7.84. The highest BCUT2D eigenvalue weighted by molar-refractivity contribution is 7.12. The molecule has 102 valence electrons. The fourth-order valence-corrected chi connectivity index (χ4v) is 2.30. The van der Waals surface area contributed by atoms with Gasteiger partial charge in [-0.2, -0.15) is 0 Å². The van der Waals surface area contributed by atoms with Crippen LogP contribution in [-0.2, 0) is 9.47 Å². The van der Waals surface area contributed by atoms with Crippen LogP contribution in [0.2, 0.25) is 0 Å². The Morgan fingerprint density at radius 1 is 1.28 bits per heavy atom. The van der Waals surface area contributed by atoms with Gasteiger partial charge >= 0.3 is 0 Å². The van der Waals surface area contributed by atoms with Gasteiger partial charge in [0.25, 0.3) is 0 Å². The Morgan fingerprint density at radius 3 is 2.67 bits per heavy atom. The minimum absolute atomic E-state index is 0.179. The van der Waals surface area contributed by atoms with E-state index in [2.05, 4.69) is 4.90 Å². The number of rotatable bonds is 10. The van der Waals surface area contributed by atoms with Gasteiger partial charge in [0.1, 0.15) is 0 Å². The summed E-state index contributed by atoms with van der Waals surface area (Å²) in [5.41, 5.74) is 0. The molecule has 0 aromatic carbocycles. The molecule has 0 aliphatic heterocycles. The maximum Gasteiger partial charge on any atom is 0.186 e. The van der Waals surface area contributed by atoms with Crippen molar-refractivity contribution in [2.75, 3.05) is 47.1 Å². The molecular weight excluding hydrogens is 250 g/mol. The van der Waals surface area contributed by atoms with Gasteiger partial charge in [0.15, 0.2) is 5.78 Å². The minimum Gasteiger partial charge on any atom is -0.385 e. The predicted octanol–water partition coefficient (Wildman–Crippen LogP) is 1.92. The molecule has 4 nitrogen and oxygen atoms in total. The summed E-state index contributed by atoms with van der Waals surface area (Å²) >= 11 is 1.49. The van der Waals surface area contributed by atoms with Crippen LogP contribution in [0.4, 0.5) is 0 Å². The van der Waals surface area contributed by atoms with Gasteiger partial charge in [0.2, 0.25) is 0 Å². The lowest BCUT2D eigenvalue weighted by molar-refractivity contribution is 0.0881. The summed E-state index contributed by atoms with van der Waals surface area (Å²) in [6, 6.07) is 3.78. The van der Waals surface area contributed by atoms with Gasteiger partial charge < -0.3 is 9.47 Å². The lowest BCUT2D eigenvalue weighted by Gasteiger charge is -2.20. The third-order valence-electron chi connectivity index (χ3n) is 2.60. The molecule has 0 aliphatic carbocycles. The highest BCUT2D eigenvalue weighted by atomic mass is 32.1. The average Bonchev–Trinajstić information content (AvgIpc) is 2.89. The first-order valence-corrected chi connectivity index (χ1v) is 6.93. The molecule has 0 N–H and O–H groups in total. The van der Waals surface area contributed by atoms with Crippen molar-refractivity contribution in [3.8, 4) is 0 Å². The van der Waals surface area contributed by atoms with Gasteiger partial charge in [-0.05, 0) is 17.9 Å². The number of ketones is 1. The maximum absolute atomic E-state index is 12.0. The Balaban J connectivity index is 2.41. The van der Waals surface area contributed by atoms with Crippen molar-refractivity contribution in [1.82, 2.24) is 4.90 Å². The molecule has 1 heterocycles. The first-order chi connectivity index (χ1) is 8.77. The monoisotopic (exact) mass is 271 g/mol. The molecule has 0 bridgehead atoms. The first kappa shape index (κ1) is 15.3. The van der Waals surface area contributed by atoms with Crippen molar-refractivity contribution >= 4 is 17.1 Å². The Morgan fingerprint density at radius 2 is 2.06 bits per heavy atom. The maximum atomic E-state index is 12.0. The number of ether oxygens (including phenoxy) is 2. The lowest BCUT2D eigenvalue weighted by atomic mass is 10.3. The lowest BCUT2D eigenvalue weighted by Crippen LogP contribution is -2.34. The topological polar surface area (TPSA) is 38.8 Å². The molecule has 0 unspecified atom stereocenters. The molecule has 0 aliphatic rings. The van der Waals surface area contributed by atoms with E-state index in [-0.39, 0.29) is 5.78 Å². The summed E-state index contributed by atoms with van der Waals surface area (Å²) in [6.07, 6.45) is 0.929. The van der Waals surface area contributed by atoms with Gasteiger partial charge in [-0.25, -0.2) is 0 Å². The van der Waals surface area contributed by atoms with Gasteiger partial charge in [-0.3, -0.25) is 9.69 Å². The summed E-state index contributed by atoms with van der Waals surface area (Å²) in [5.74, 6) is 0.179. The molecule has 18 heavy (non-hydrogen) atoms. The van der Waals surface area contributed by atoms with Crippen molar-refractivity contribution in [1.29, 1.82) is 0 Å². The molecule has 0 saturated carbocycles. The SMILES string of the molecule is COCCCN(CCOC)CC(=O)c1cccs1. The minimum atomic E-state index is 0.179. The highest BCUT2D eigenvalue weighted by Gasteiger charge is 2.12. The molecule has 0 radical (unpaired) electrons. The third-order valence-corrected chi connectivity index (χ3v) is 3.51. The van der Waals surface area contributed by atoms with Gasteiger partial charge in [-0.15, -0.1) is 11.3 Å². The summed E-state index contributed by atoms with van der Waals surface area (Å²) in [6.45, 7) is 3.45. The smallest absolute Gasteiger partial charge is 0.186 e.